The lowest BCUT2D eigenvalue weighted by Crippen LogP contribution is -2.48. The van der Waals surface area contributed by atoms with E-state index in [0.29, 0.717) is 24.9 Å². The molecule has 0 spiro atoms. The van der Waals surface area contributed by atoms with E-state index in [1.165, 1.54) is 12.1 Å². The predicted molar refractivity (Wildman–Crippen MR) is 123 cm³/mol. The minimum atomic E-state index is -4.56. The SMILES string of the molecule is Cc1noc(N2CC3CC[C@@H](C2)C3Nc2nc3n(n2)C(C(F)(F)F)CCC3c2cccc(C(F)(F)F)c2)n1. The molecule has 5 atom stereocenters. The van der Waals surface area contributed by atoms with E-state index in [9.17, 15) is 26.3 Å². The molecule has 4 unspecified atom stereocenters. The standard InChI is InChI=1S/C24H25F6N7O/c1-12-31-22(38-35-12)36-10-14-5-6-15(11-36)19(14)32-21-33-20-17(7-8-18(24(28,29)30)37(20)34-21)13-3-2-4-16(9-13)23(25,26)27/h2-4,9,14-15,17-19H,5-8,10-11H2,1H3,(H,32,34)/t14-,15?,17?,18?,19?/m0/s1. The third-order valence-electron chi connectivity index (χ3n) is 7.90. The summed E-state index contributed by atoms with van der Waals surface area (Å²) in [6.07, 6.45) is -7.59. The first-order valence-electron chi connectivity index (χ1n) is 12.5. The van der Waals surface area contributed by atoms with Gasteiger partial charge in [0.2, 0.25) is 5.95 Å². The summed E-state index contributed by atoms with van der Waals surface area (Å²) in [5.74, 6) is 0.218. The summed E-state index contributed by atoms with van der Waals surface area (Å²) in [6, 6.07) is 3.20. The third kappa shape index (κ3) is 4.47. The molecule has 1 N–H and O–H groups in total. The topological polar surface area (TPSA) is 84.9 Å². The molecule has 2 fully saturated rings. The van der Waals surface area contributed by atoms with Gasteiger partial charge in [-0.15, -0.1) is 5.10 Å². The summed E-state index contributed by atoms with van der Waals surface area (Å²) >= 11 is 0. The van der Waals surface area contributed by atoms with Crippen molar-refractivity contribution in [1.29, 1.82) is 0 Å². The largest absolute Gasteiger partial charge is 0.416 e. The smallest absolute Gasteiger partial charge is 0.350 e. The lowest BCUT2D eigenvalue weighted by molar-refractivity contribution is -0.175. The number of anilines is 2. The minimum Gasteiger partial charge on any atom is -0.350 e. The van der Waals surface area contributed by atoms with Gasteiger partial charge in [0.1, 0.15) is 11.9 Å². The summed E-state index contributed by atoms with van der Waals surface area (Å²) < 4.78 is 87.8. The molecule has 0 amide bonds. The third-order valence-corrected chi connectivity index (χ3v) is 7.90. The van der Waals surface area contributed by atoms with Gasteiger partial charge in [-0.05, 0) is 56.1 Å². The van der Waals surface area contributed by atoms with E-state index >= 15 is 0 Å². The number of aromatic nitrogens is 5. The Bertz CT molecular complexity index is 1300. The zero-order chi connectivity index (χ0) is 26.8. The zero-order valence-electron chi connectivity index (χ0n) is 20.3. The molecule has 1 aromatic carbocycles. The molecule has 1 saturated carbocycles. The lowest BCUT2D eigenvalue weighted by Gasteiger charge is -2.37. The zero-order valence-corrected chi connectivity index (χ0v) is 20.3. The van der Waals surface area contributed by atoms with Gasteiger partial charge in [-0.3, -0.25) is 0 Å². The Labute approximate surface area is 213 Å². The van der Waals surface area contributed by atoms with Crippen molar-refractivity contribution < 1.29 is 30.9 Å². The maximum Gasteiger partial charge on any atom is 0.416 e. The van der Waals surface area contributed by atoms with E-state index in [2.05, 4.69) is 25.5 Å². The van der Waals surface area contributed by atoms with Crippen LogP contribution in [0.15, 0.2) is 28.8 Å². The van der Waals surface area contributed by atoms with Crippen molar-refractivity contribution in [3.8, 4) is 0 Å². The highest BCUT2D eigenvalue weighted by Crippen LogP contribution is 2.45. The van der Waals surface area contributed by atoms with E-state index in [4.69, 9.17) is 4.52 Å². The molecule has 1 aliphatic carbocycles. The predicted octanol–water partition coefficient (Wildman–Crippen LogP) is 5.34. The molecule has 4 heterocycles. The van der Waals surface area contributed by atoms with Gasteiger partial charge in [0.25, 0.3) is 0 Å². The van der Waals surface area contributed by atoms with Crippen molar-refractivity contribution in [2.24, 2.45) is 11.8 Å². The molecule has 8 nitrogen and oxygen atoms in total. The number of benzene rings is 1. The van der Waals surface area contributed by atoms with Crippen molar-refractivity contribution in [3.63, 3.8) is 0 Å². The summed E-state index contributed by atoms with van der Waals surface area (Å²) in [5, 5.41) is 11.3. The fourth-order valence-electron chi connectivity index (χ4n) is 6.17. The van der Waals surface area contributed by atoms with Crippen molar-refractivity contribution in [3.05, 3.63) is 47.0 Å². The summed E-state index contributed by atoms with van der Waals surface area (Å²) in [4.78, 5) is 10.8. The van der Waals surface area contributed by atoms with Crippen molar-refractivity contribution in [2.75, 3.05) is 23.3 Å². The van der Waals surface area contributed by atoms with Gasteiger partial charge in [0.05, 0.1) is 5.56 Å². The average Bonchev–Trinajstić information content (AvgIpc) is 3.53. The van der Waals surface area contributed by atoms with Crippen LogP contribution in [-0.4, -0.2) is 50.2 Å². The highest BCUT2D eigenvalue weighted by atomic mass is 19.4. The number of hydrogen-bond donors (Lipinski definition) is 1. The lowest BCUT2D eigenvalue weighted by atomic mass is 9.87. The van der Waals surface area contributed by atoms with Crippen LogP contribution in [0.5, 0.6) is 0 Å². The molecule has 38 heavy (non-hydrogen) atoms. The summed E-state index contributed by atoms with van der Waals surface area (Å²) in [5.41, 5.74) is -0.582. The number of hydrogen-bond acceptors (Lipinski definition) is 7. The highest BCUT2D eigenvalue weighted by molar-refractivity contribution is 5.37. The van der Waals surface area contributed by atoms with Gasteiger partial charge >= 0.3 is 18.4 Å². The molecule has 2 aliphatic heterocycles. The number of fused-ring (bicyclic) bond motifs is 3. The Kier molecular flexibility index (Phi) is 5.83. The second-order valence-corrected chi connectivity index (χ2v) is 10.3. The van der Waals surface area contributed by atoms with Crippen LogP contribution in [0.3, 0.4) is 0 Å². The maximum atomic E-state index is 13.9. The Morgan fingerprint density at radius 3 is 2.34 bits per heavy atom. The van der Waals surface area contributed by atoms with Gasteiger partial charge in [0.15, 0.2) is 5.82 Å². The van der Waals surface area contributed by atoms with Crippen molar-refractivity contribution in [2.45, 2.75) is 63.0 Å². The molecule has 0 radical (unpaired) electrons. The quantitative estimate of drug-likeness (QED) is 0.446. The molecular formula is C24H25F6N7O. The maximum absolute atomic E-state index is 13.9. The molecule has 2 bridgehead atoms. The molecular weight excluding hydrogens is 516 g/mol. The van der Waals surface area contributed by atoms with Crippen LogP contribution in [0.2, 0.25) is 0 Å². The van der Waals surface area contributed by atoms with Gasteiger partial charge in [-0.1, -0.05) is 23.4 Å². The summed E-state index contributed by atoms with van der Waals surface area (Å²) in [6.45, 7) is 3.02. The summed E-state index contributed by atoms with van der Waals surface area (Å²) in [7, 11) is 0. The number of piperidine rings is 1. The van der Waals surface area contributed by atoms with Crippen LogP contribution in [0, 0.1) is 18.8 Å². The molecule has 3 aliphatic rings. The molecule has 1 saturated heterocycles. The Morgan fingerprint density at radius 2 is 1.71 bits per heavy atom. The van der Waals surface area contributed by atoms with Crippen LogP contribution >= 0.6 is 0 Å². The van der Waals surface area contributed by atoms with Gasteiger partial charge < -0.3 is 14.7 Å². The van der Waals surface area contributed by atoms with Crippen molar-refractivity contribution in [1.82, 2.24) is 24.9 Å². The van der Waals surface area contributed by atoms with Crippen LogP contribution in [-0.2, 0) is 6.18 Å². The van der Waals surface area contributed by atoms with Crippen LogP contribution < -0.4 is 10.2 Å². The fourth-order valence-corrected chi connectivity index (χ4v) is 6.17. The number of aryl methyl sites for hydroxylation is 1. The Morgan fingerprint density at radius 1 is 0.974 bits per heavy atom. The van der Waals surface area contributed by atoms with Gasteiger partial charge in [0, 0.05) is 25.0 Å². The van der Waals surface area contributed by atoms with E-state index in [1.54, 1.807) is 6.92 Å². The minimum absolute atomic E-state index is 0.0108. The second-order valence-electron chi connectivity index (χ2n) is 10.3. The first-order valence-corrected chi connectivity index (χ1v) is 12.5. The Hall–Kier alpha value is -3.32. The van der Waals surface area contributed by atoms with Crippen LogP contribution in [0.1, 0.15) is 60.4 Å². The first kappa shape index (κ1) is 25.0. The molecule has 2 aromatic heterocycles. The molecule has 3 aromatic rings. The van der Waals surface area contributed by atoms with Gasteiger partial charge in [-0.2, -0.15) is 36.3 Å². The number of nitrogens with one attached hydrogen (secondary N) is 1. The average molecular weight is 542 g/mol. The highest BCUT2D eigenvalue weighted by Gasteiger charge is 2.48. The monoisotopic (exact) mass is 541 g/mol. The number of rotatable bonds is 4. The number of halogens is 6. The number of nitrogens with zero attached hydrogens (tertiary/aromatic N) is 6. The van der Waals surface area contributed by atoms with Gasteiger partial charge in [-0.25, -0.2) is 4.68 Å². The molecule has 6 rings (SSSR count). The van der Waals surface area contributed by atoms with E-state index < -0.39 is 29.9 Å². The van der Waals surface area contributed by atoms with E-state index in [-0.39, 0.29) is 48.1 Å². The second kappa shape index (κ2) is 8.87. The van der Waals surface area contributed by atoms with E-state index in [1.807, 2.05) is 4.90 Å². The Balaban J connectivity index is 1.28. The first-order chi connectivity index (χ1) is 18.0. The van der Waals surface area contributed by atoms with Crippen molar-refractivity contribution >= 4 is 12.0 Å². The molecule has 204 valence electrons. The normalized spacial score (nSPS) is 27.4. The number of alkyl halides is 6. The van der Waals surface area contributed by atoms with E-state index in [0.717, 1.165) is 29.7 Å². The fraction of sp³-hybridized carbons (Fsp3) is 0.583. The van der Waals surface area contributed by atoms with Crippen LogP contribution in [0.25, 0.3) is 0 Å². The molecule has 14 heteroatoms. The van der Waals surface area contributed by atoms with Crippen LogP contribution in [0.4, 0.5) is 38.3 Å².